The fourth-order valence-electron chi connectivity index (χ4n) is 12.3. The second kappa shape index (κ2) is 18.3. The number of para-hydroxylation sites is 3. The van der Waals surface area contributed by atoms with Crippen LogP contribution in [0, 0.1) is 0 Å². The molecule has 0 bridgehead atoms. The topological polar surface area (TPSA) is 17.8 Å². The Bertz CT molecular complexity index is 4720. The van der Waals surface area contributed by atoms with Gasteiger partial charge in [-0.15, -0.1) is 0 Å². The number of benzene rings is 14. The number of imidazole rings is 1. The molecule has 2 heteroatoms. The van der Waals surface area contributed by atoms with E-state index in [9.17, 15) is 0 Å². The van der Waals surface area contributed by atoms with Crippen LogP contribution >= 0.6 is 0 Å². The van der Waals surface area contributed by atoms with Crippen LogP contribution < -0.4 is 0 Å². The Morgan fingerprint density at radius 3 is 1.12 bits per heavy atom. The molecule has 0 saturated heterocycles. The van der Waals surface area contributed by atoms with Crippen LogP contribution in [0.5, 0.6) is 0 Å². The lowest BCUT2D eigenvalue weighted by Gasteiger charge is -2.21. The summed E-state index contributed by atoms with van der Waals surface area (Å²) in [4.78, 5) is 5.19. The van der Waals surface area contributed by atoms with Gasteiger partial charge in [0.15, 0.2) is 0 Å². The van der Waals surface area contributed by atoms with E-state index in [0.717, 1.165) is 28.1 Å². The van der Waals surface area contributed by atoms with Gasteiger partial charge in [0.1, 0.15) is 5.82 Å². The summed E-state index contributed by atoms with van der Waals surface area (Å²) in [7, 11) is 0. The van der Waals surface area contributed by atoms with Crippen molar-refractivity contribution in [2.45, 2.75) is 0 Å². The molecule has 1 heterocycles. The highest BCUT2D eigenvalue weighted by Gasteiger charge is 2.22. The van der Waals surface area contributed by atoms with E-state index in [1.165, 1.54) is 121 Å². The number of nitrogens with zero attached hydrogens (tertiary/aromatic N) is 2. The summed E-state index contributed by atoms with van der Waals surface area (Å²) < 4.78 is 2.27. The molecule has 0 unspecified atom stereocenters. The van der Waals surface area contributed by atoms with Gasteiger partial charge in [-0.3, -0.25) is 4.57 Å². The molecule has 0 radical (unpaired) electrons. The van der Waals surface area contributed by atoms with E-state index in [1.54, 1.807) is 0 Å². The maximum atomic E-state index is 5.19. The van der Waals surface area contributed by atoms with E-state index in [4.69, 9.17) is 4.98 Å². The molecule has 358 valence electrons. The molecule has 14 aromatic carbocycles. The first kappa shape index (κ1) is 44.3. The van der Waals surface area contributed by atoms with Crippen molar-refractivity contribution in [2.75, 3.05) is 0 Å². The third-order valence-electron chi connectivity index (χ3n) is 15.7. The second-order valence-corrected chi connectivity index (χ2v) is 20.2. The minimum atomic E-state index is 0.930. The van der Waals surface area contributed by atoms with Crippen LogP contribution in [0.1, 0.15) is 0 Å². The number of aromatic nitrogens is 2. The Balaban J connectivity index is 0.933. The van der Waals surface area contributed by atoms with Crippen molar-refractivity contribution >= 4 is 64.9 Å². The van der Waals surface area contributed by atoms with Crippen LogP contribution in [-0.2, 0) is 0 Å². The molecule has 1 aromatic heterocycles. The Morgan fingerprint density at radius 2 is 0.584 bits per heavy atom. The molecular formula is C75H48N2. The van der Waals surface area contributed by atoms with Crippen LogP contribution in [0.4, 0.5) is 0 Å². The van der Waals surface area contributed by atoms with Gasteiger partial charge in [0.2, 0.25) is 0 Å². The molecule has 0 atom stereocenters. The maximum Gasteiger partial charge on any atom is 0.145 e. The molecule has 0 spiro atoms. The molecule has 15 rings (SSSR count). The summed E-state index contributed by atoms with van der Waals surface area (Å²) in [5.41, 5.74) is 18.8. The predicted molar refractivity (Wildman–Crippen MR) is 327 cm³/mol. The first-order valence-corrected chi connectivity index (χ1v) is 26.5. The maximum absolute atomic E-state index is 5.19. The zero-order valence-corrected chi connectivity index (χ0v) is 42.1. The zero-order chi connectivity index (χ0) is 50.8. The van der Waals surface area contributed by atoms with Gasteiger partial charge in [-0.05, 0) is 175 Å². The van der Waals surface area contributed by atoms with Crippen LogP contribution in [0.15, 0.2) is 291 Å². The van der Waals surface area contributed by atoms with Gasteiger partial charge < -0.3 is 0 Å². The van der Waals surface area contributed by atoms with E-state index >= 15 is 0 Å². The fourth-order valence-corrected chi connectivity index (χ4v) is 12.3. The van der Waals surface area contributed by atoms with Crippen molar-refractivity contribution in [1.82, 2.24) is 9.55 Å². The molecule has 0 fully saturated rings. The highest BCUT2D eigenvalue weighted by Crippen LogP contribution is 2.49. The van der Waals surface area contributed by atoms with Gasteiger partial charge in [-0.2, -0.15) is 0 Å². The van der Waals surface area contributed by atoms with Crippen LogP contribution in [0.2, 0.25) is 0 Å². The summed E-state index contributed by atoms with van der Waals surface area (Å²) in [5, 5.41) is 12.1. The van der Waals surface area contributed by atoms with E-state index < -0.39 is 0 Å². The van der Waals surface area contributed by atoms with Gasteiger partial charge >= 0.3 is 0 Å². The van der Waals surface area contributed by atoms with Gasteiger partial charge in [-0.25, -0.2) is 4.98 Å². The molecule has 0 aliphatic heterocycles. The first-order valence-electron chi connectivity index (χ1n) is 26.5. The Labute approximate surface area is 447 Å². The fraction of sp³-hybridized carbons (Fsp3) is 0. The third kappa shape index (κ3) is 7.53. The van der Waals surface area contributed by atoms with Crippen molar-refractivity contribution < 1.29 is 0 Å². The van der Waals surface area contributed by atoms with Crippen LogP contribution in [0.3, 0.4) is 0 Å². The van der Waals surface area contributed by atoms with E-state index in [2.05, 4.69) is 296 Å². The number of rotatable bonds is 8. The van der Waals surface area contributed by atoms with Crippen molar-refractivity contribution in [3.8, 4) is 83.8 Å². The lowest BCUT2D eigenvalue weighted by atomic mass is 9.82. The van der Waals surface area contributed by atoms with Crippen molar-refractivity contribution in [2.24, 2.45) is 0 Å². The summed E-state index contributed by atoms with van der Waals surface area (Å²) in [6.45, 7) is 0. The SMILES string of the molecule is c1ccc(-c2cccc(-c3c4ccccc4c(-c4cccc(-c5ccccc5)c4)c4cc(-c5c6ccccc6c(-c6ccc7cc(-c8nc9ccccc9n8-c8ccccc8)ccc7c6)c6ccccc56)ccc34)c2)cc1. The number of hydrogen-bond acceptors (Lipinski definition) is 1. The number of fused-ring (bicyclic) bond motifs is 6. The average molecular weight is 977 g/mol. The lowest BCUT2D eigenvalue weighted by Crippen LogP contribution is -1.97. The summed E-state index contributed by atoms with van der Waals surface area (Å²) in [5.74, 6) is 0.930. The van der Waals surface area contributed by atoms with E-state index in [0.29, 0.717) is 0 Å². The van der Waals surface area contributed by atoms with Gasteiger partial charge in [0.05, 0.1) is 11.0 Å². The van der Waals surface area contributed by atoms with Gasteiger partial charge in [-0.1, -0.05) is 237 Å². The summed E-state index contributed by atoms with van der Waals surface area (Å²) in [6, 6.07) is 107. The van der Waals surface area contributed by atoms with Crippen LogP contribution in [0.25, 0.3) is 149 Å². The Hall–Kier alpha value is -10.2. The number of hydrogen-bond donors (Lipinski definition) is 0. The minimum absolute atomic E-state index is 0.930. The molecule has 0 amide bonds. The summed E-state index contributed by atoms with van der Waals surface area (Å²) >= 11 is 0. The molecule has 0 N–H and O–H groups in total. The van der Waals surface area contributed by atoms with E-state index in [-0.39, 0.29) is 0 Å². The van der Waals surface area contributed by atoms with Crippen molar-refractivity contribution in [3.05, 3.63) is 291 Å². The average Bonchev–Trinajstić information content (AvgIpc) is 3.90. The molecule has 77 heavy (non-hydrogen) atoms. The highest BCUT2D eigenvalue weighted by molar-refractivity contribution is 6.25. The van der Waals surface area contributed by atoms with Crippen molar-refractivity contribution in [1.29, 1.82) is 0 Å². The molecule has 0 aliphatic carbocycles. The van der Waals surface area contributed by atoms with Gasteiger partial charge in [0.25, 0.3) is 0 Å². The summed E-state index contributed by atoms with van der Waals surface area (Å²) in [6.07, 6.45) is 0. The lowest BCUT2D eigenvalue weighted by molar-refractivity contribution is 1.10. The normalized spacial score (nSPS) is 11.6. The second-order valence-electron chi connectivity index (χ2n) is 20.2. The molecule has 2 nitrogen and oxygen atoms in total. The first-order chi connectivity index (χ1) is 38.2. The quantitative estimate of drug-likeness (QED) is 0.139. The van der Waals surface area contributed by atoms with Crippen molar-refractivity contribution in [3.63, 3.8) is 0 Å². The molecule has 0 saturated carbocycles. The monoisotopic (exact) mass is 976 g/mol. The highest BCUT2D eigenvalue weighted by atomic mass is 15.1. The molecule has 15 aromatic rings. The third-order valence-corrected chi connectivity index (χ3v) is 15.7. The zero-order valence-electron chi connectivity index (χ0n) is 42.1. The standard InChI is InChI=1S/C75H48N2/c1-4-20-49(21-5-1)51-24-18-26-55(44-51)71-65-34-14-15-35-66(65)74(56-27-19-25-52(45-56)50-22-6-2-7-23-50)68-48-58(42-43-67(68)71)73-63-32-12-10-30-61(63)72(62-31-11-13-33-64(62)73)57-40-38-54-47-59(41-39-53(54)46-57)75-76-69-36-16-17-37-70(69)77(75)60-28-8-3-9-29-60/h1-48H. The Morgan fingerprint density at radius 1 is 0.221 bits per heavy atom. The predicted octanol–water partition coefficient (Wildman–Crippen LogP) is 20.5. The molecular weight excluding hydrogens is 929 g/mol. The molecule has 0 aliphatic rings. The Kier molecular flexibility index (Phi) is 10.6. The smallest absolute Gasteiger partial charge is 0.145 e. The largest absolute Gasteiger partial charge is 0.292 e. The van der Waals surface area contributed by atoms with E-state index in [1.807, 2.05) is 0 Å². The van der Waals surface area contributed by atoms with Crippen LogP contribution in [-0.4, -0.2) is 9.55 Å². The van der Waals surface area contributed by atoms with Gasteiger partial charge in [0, 0.05) is 11.3 Å². The minimum Gasteiger partial charge on any atom is -0.292 e.